The van der Waals surface area contributed by atoms with Gasteiger partial charge in [-0.25, -0.2) is 0 Å². The third kappa shape index (κ3) is 4.12. The van der Waals surface area contributed by atoms with Gasteiger partial charge in [-0.05, 0) is 32.0 Å². The van der Waals surface area contributed by atoms with E-state index in [1.807, 2.05) is 43.0 Å². The van der Waals surface area contributed by atoms with Crippen molar-refractivity contribution in [1.29, 1.82) is 0 Å². The van der Waals surface area contributed by atoms with Crippen LogP contribution < -0.4 is 4.90 Å². The number of anilines is 1. The summed E-state index contributed by atoms with van der Waals surface area (Å²) < 4.78 is 5.36. The summed E-state index contributed by atoms with van der Waals surface area (Å²) >= 11 is 6.01. The van der Waals surface area contributed by atoms with E-state index in [0.717, 1.165) is 36.9 Å². The second kappa shape index (κ2) is 6.95. The lowest BCUT2D eigenvalue weighted by Crippen LogP contribution is -2.49. The summed E-state index contributed by atoms with van der Waals surface area (Å²) in [6, 6.07) is 7.83. The minimum Gasteiger partial charge on any atom is -0.369 e. The van der Waals surface area contributed by atoms with Crippen LogP contribution in [0.3, 0.4) is 0 Å². The zero-order valence-electron chi connectivity index (χ0n) is 12.0. The zero-order valence-corrected chi connectivity index (χ0v) is 12.8. The van der Waals surface area contributed by atoms with Crippen LogP contribution in [-0.2, 0) is 9.53 Å². The van der Waals surface area contributed by atoms with E-state index in [-0.39, 0.29) is 18.6 Å². The average Bonchev–Trinajstić information content (AvgIpc) is 2.45. The molecule has 5 heteroatoms. The second-order valence-electron chi connectivity index (χ2n) is 5.21. The molecule has 0 radical (unpaired) electrons. The number of ether oxygens (including phenoxy) is 1. The quantitative estimate of drug-likeness (QED) is 0.855. The van der Waals surface area contributed by atoms with Gasteiger partial charge in [0, 0.05) is 36.9 Å². The van der Waals surface area contributed by atoms with E-state index in [4.69, 9.17) is 16.3 Å². The standard InChI is InChI=1S/C15H21ClN2O2/c1-12(2)20-11-15(19)18-8-6-17(7-9-18)14-5-3-4-13(16)10-14/h3-5,10,12H,6-9,11H2,1-2H3. The van der Waals surface area contributed by atoms with Crippen molar-refractivity contribution in [3.8, 4) is 0 Å². The zero-order chi connectivity index (χ0) is 14.5. The Hall–Kier alpha value is -1.26. The summed E-state index contributed by atoms with van der Waals surface area (Å²) in [7, 11) is 0. The molecule has 1 aromatic carbocycles. The van der Waals surface area contributed by atoms with Crippen molar-refractivity contribution in [2.24, 2.45) is 0 Å². The van der Waals surface area contributed by atoms with Crippen LogP contribution in [0.1, 0.15) is 13.8 Å². The molecule has 1 aliphatic heterocycles. The first-order valence-corrected chi connectivity index (χ1v) is 7.34. The van der Waals surface area contributed by atoms with E-state index in [1.54, 1.807) is 0 Å². The molecule has 2 rings (SSSR count). The Labute approximate surface area is 125 Å². The highest BCUT2D eigenvalue weighted by Crippen LogP contribution is 2.20. The largest absolute Gasteiger partial charge is 0.369 e. The van der Waals surface area contributed by atoms with Gasteiger partial charge in [0.05, 0.1) is 6.10 Å². The van der Waals surface area contributed by atoms with Crippen molar-refractivity contribution in [2.45, 2.75) is 20.0 Å². The first-order valence-electron chi connectivity index (χ1n) is 6.96. The van der Waals surface area contributed by atoms with Gasteiger partial charge in [0.2, 0.25) is 5.91 Å². The van der Waals surface area contributed by atoms with Crippen LogP contribution in [0.5, 0.6) is 0 Å². The molecule has 1 saturated heterocycles. The number of hydrogen-bond acceptors (Lipinski definition) is 3. The number of amides is 1. The normalized spacial score (nSPS) is 15.8. The van der Waals surface area contributed by atoms with Gasteiger partial charge in [0.15, 0.2) is 0 Å². The Bertz CT molecular complexity index is 457. The van der Waals surface area contributed by atoms with E-state index >= 15 is 0 Å². The maximum atomic E-state index is 12.0. The Morgan fingerprint density at radius 2 is 2.00 bits per heavy atom. The topological polar surface area (TPSA) is 32.8 Å². The third-order valence-electron chi connectivity index (χ3n) is 3.35. The lowest BCUT2D eigenvalue weighted by Gasteiger charge is -2.36. The van der Waals surface area contributed by atoms with Gasteiger partial charge >= 0.3 is 0 Å². The van der Waals surface area contributed by atoms with Crippen LogP contribution in [0, 0.1) is 0 Å². The first kappa shape index (κ1) is 15.1. The number of piperazine rings is 1. The van der Waals surface area contributed by atoms with Crippen molar-refractivity contribution in [3.63, 3.8) is 0 Å². The smallest absolute Gasteiger partial charge is 0.248 e. The molecule has 0 unspecified atom stereocenters. The number of carbonyl (C=O) groups is 1. The van der Waals surface area contributed by atoms with Crippen LogP contribution in [0.25, 0.3) is 0 Å². The summed E-state index contributed by atoms with van der Waals surface area (Å²) in [6.07, 6.45) is 0.0895. The summed E-state index contributed by atoms with van der Waals surface area (Å²) in [6.45, 7) is 7.16. The van der Waals surface area contributed by atoms with Gasteiger partial charge in [0.1, 0.15) is 6.61 Å². The minimum atomic E-state index is 0.0736. The number of benzene rings is 1. The predicted octanol–water partition coefficient (Wildman–Crippen LogP) is 2.41. The molecule has 1 amide bonds. The van der Waals surface area contributed by atoms with E-state index in [2.05, 4.69) is 4.90 Å². The third-order valence-corrected chi connectivity index (χ3v) is 3.58. The molecule has 1 aromatic rings. The van der Waals surface area contributed by atoms with E-state index in [1.165, 1.54) is 0 Å². The first-order chi connectivity index (χ1) is 9.56. The van der Waals surface area contributed by atoms with Gasteiger partial charge in [-0.3, -0.25) is 4.79 Å². The van der Waals surface area contributed by atoms with Crippen molar-refractivity contribution in [2.75, 3.05) is 37.7 Å². The molecule has 1 aliphatic rings. The van der Waals surface area contributed by atoms with E-state index in [0.29, 0.717) is 0 Å². The number of rotatable bonds is 4. The maximum absolute atomic E-state index is 12.0. The fraction of sp³-hybridized carbons (Fsp3) is 0.533. The molecule has 0 saturated carbocycles. The van der Waals surface area contributed by atoms with Crippen molar-refractivity contribution >= 4 is 23.2 Å². The Balaban J connectivity index is 1.84. The van der Waals surface area contributed by atoms with Gasteiger partial charge in [-0.1, -0.05) is 17.7 Å². The molecule has 0 atom stereocenters. The second-order valence-corrected chi connectivity index (χ2v) is 5.64. The molecule has 1 heterocycles. The molecule has 0 spiro atoms. The Morgan fingerprint density at radius 1 is 1.30 bits per heavy atom. The molecule has 110 valence electrons. The van der Waals surface area contributed by atoms with Crippen molar-refractivity contribution in [3.05, 3.63) is 29.3 Å². The van der Waals surface area contributed by atoms with Crippen LogP contribution in [0.2, 0.25) is 5.02 Å². The van der Waals surface area contributed by atoms with E-state index < -0.39 is 0 Å². The molecule has 0 aromatic heterocycles. The Kier molecular flexibility index (Phi) is 5.26. The molecule has 4 nitrogen and oxygen atoms in total. The van der Waals surface area contributed by atoms with Gasteiger partial charge in [0.25, 0.3) is 0 Å². The summed E-state index contributed by atoms with van der Waals surface area (Å²) in [5.74, 6) is 0.0736. The molecular weight excluding hydrogens is 276 g/mol. The Morgan fingerprint density at radius 3 is 2.60 bits per heavy atom. The molecular formula is C15H21ClN2O2. The highest BCUT2D eigenvalue weighted by atomic mass is 35.5. The van der Waals surface area contributed by atoms with E-state index in [9.17, 15) is 4.79 Å². The molecule has 0 bridgehead atoms. The summed E-state index contributed by atoms with van der Waals surface area (Å²) in [4.78, 5) is 16.1. The number of nitrogens with zero attached hydrogens (tertiary/aromatic N) is 2. The van der Waals surface area contributed by atoms with Crippen LogP contribution >= 0.6 is 11.6 Å². The predicted molar refractivity (Wildman–Crippen MR) is 81.3 cm³/mol. The number of halogens is 1. The summed E-state index contributed by atoms with van der Waals surface area (Å²) in [5, 5.41) is 0.742. The number of hydrogen-bond donors (Lipinski definition) is 0. The molecule has 1 fully saturated rings. The lowest BCUT2D eigenvalue weighted by molar-refractivity contribution is -0.137. The minimum absolute atomic E-state index is 0.0736. The summed E-state index contributed by atoms with van der Waals surface area (Å²) in [5.41, 5.74) is 1.11. The molecule has 0 N–H and O–H groups in total. The van der Waals surface area contributed by atoms with Crippen molar-refractivity contribution < 1.29 is 9.53 Å². The highest BCUT2D eigenvalue weighted by molar-refractivity contribution is 6.30. The van der Waals surface area contributed by atoms with Gasteiger partial charge < -0.3 is 14.5 Å². The van der Waals surface area contributed by atoms with Crippen LogP contribution in [0.15, 0.2) is 24.3 Å². The fourth-order valence-corrected chi connectivity index (χ4v) is 2.40. The lowest BCUT2D eigenvalue weighted by atomic mass is 10.2. The number of carbonyl (C=O) groups excluding carboxylic acids is 1. The monoisotopic (exact) mass is 296 g/mol. The van der Waals surface area contributed by atoms with Crippen LogP contribution in [-0.4, -0.2) is 49.7 Å². The maximum Gasteiger partial charge on any atom is 0.248 e. The van der Waals surface area contributed by atoms with Gasteiger partial charge in [-0.2, -0.15) is 0 Å². The SMILES string of the molecule is CC(C)OCC(=O)N1CCN(c2cccc(Cl)c2)CC1. The van der Waals surface area contributed by atoms with Crippen LogP contribution in [0.4, 0.5) is 5.69 Å². The highest BCUT2D eigenvalue weighted by Gasteiger charge is 2.21. The van der Waals surface area contributed by atoms with Crippen molar-refractivity contribution in [1.82, 2.24) is 4.90 Å². The molecule has 20 heavy (non-hydrogen) atoms. The van der Waals surface area contributed by atoms with Gasteiger partial charge in [-0.15, -0.1) is 0 Å². The average molecular weight is 297 g/mol. The molecule has 0 aliphatic carbocycles. The fourth-order valence-electron chi connectivity index (χ4n) is 2.22.